The van der Waals surface area contributed by atoms with Crippen LogP contribution < -0.4 is 0 Å². The molecule has 1 aromatic carbocycles. The molecule has 5 heteroatoms. The first-order valence-corrected chi connectivity index (χ1v) is 8.03. The largest absolute Gasteiger partial charge is 0.219 e. The summed E-state index contributed by atoms with van der Waals surface area (Å²) in [7, 11) is -3.20. The third kappa shape index (κ3) is 1.88. The fourth-order valence-corrected chi connectivity index (χ4v) is 4.52. The molecule has 2 rings (SSSR count). The standard InChI is InChI=1S/C10H9BrO2S2/c1-14-5-7-6-15(12,13)9-4-2-3-8(11)10(7)9/h2-4,6H,5H2,1H3. The van der Waals surface area contributed by atoms with Gasteiger partial charge in [-0.05, 0) is 24.0 Å². The molecule has 0 N–H and O–H groups in total. The molecule has 0 saturated carbocycles. The van der Waals surface area contributed by atoms with Crippen LogP contribution in [0.2, 0.25) is 0 Å². The number of thioether (sulfide) groups is 1. The molecule has 1 aliphatic heterocycles. The summed E-state index contributed by atoms with van der Waals surface area (Å²) in [6.07, 6.45) is 1.96. The lowest BCUT2D eigenvalue weighted by Crippen LogP contribution is -1.93. The summed E-state index contributed by atoms with van der Waals surface area (Å²) < 4.78 is 24.4. The minimum absolute atomic E-state index is 0.418. The van der Waals surface area contributed by atoms with E-state index in [9.17, 15) is 8.42 Å². The molecule has 15 heavy (non-hydrogen) atoms. The van der Waals surface area contributed by atoms with Crippen molar-refractivity contribution in [3.05, 3.63) is 33.6 Å². The van der Waals surface area contributed by atoms with Crippen LogP contribution in [-0.2, 0) is 9.84 Å². The Kier molecular flexibility index (Phi) is 2.96. The molecule has 0 spiro atoms. The second-order valence-electron chi connectivity index (χ2n) is 3.23. The fourth-order valence-electron chi connectivity index (χ4n) is 1.62. The van der Waals surface area contributed by atoms with Gasteiger partial charge in [0.2, 0.25) is 9.84 Å². The Morgan fingerprint density at radius 2 is 2.13 bits per heavy atom. The Morgan fingerprint density at radius 1 is 1.40 bits per heavy atom. The highest BCUT2D eigenvalue weighted by Gasteiger charge is 2.27. The maximum atomic E-state index is 11.8. The molecule has 1 aromatic rings. The number of hydrogen-bond acceptors (Lipinski definition) is 3. The molecule has 0 unspecified atom stereocenters. The van der Waals surface area contributed by atoms with E-state index in [1.54, 1.807) is 23.9 Å². The Bertz CT molecular complexity index is 532. The lowest BCUT2D eigenvalue weighted by molar-refractivity contribution is 0.605. The first-order chi connectivity index (χ1) is 7.06. The quantitative estimate of drug-likeness (QED) is 0.842. The van der Waals surface area contributed by atoms with Crippen LogP contribution in [0, 0.1) is 0 Å². The van der Waals surface area contributed by atoms with E-state index in [1.807, 2.05) is 12.3 Å². The molecular formula is C10H9BrO2S2. The van der Waals surface area contributed by atoms with Gasteiger partial charge in [0, 0.05) is 21.2 Å². The van der Waals surface area contributed by atoms with Gasteiger partial charge in [0.05, 0.1) is 4.90 Å². The van der Waals surface area contributed by atoms with Crippen LogP contribution in [0.15, 0.2) is 33.0 Å². The van der Waals surface area contributed by atoms with E-state index < -0.39 is 9.84 Å². The first-order valence-electron chi connectivity index (χ1n) is 4.30. The zero-order valence-corrected chi connectivity index (χ0v) is 11.2. The van der Waals surface area contributed by atoms with E-state index in [4.69, 9.17) is 0 Å². The monoisotopic (exact) mass is 304 g/mol. The Labute approximate surface area is 102 Å². The first kappa shape index (κ1) is 11.2. The second-order valence-corrected chi connectivity index (χ2v) is 6.72. The number of halogens is 1. The van der Waals surface area contributed by atoms with E-state index in [1.165, 1.54) is 5.41 Å². The predicted octanol–water partition coefficient (Wildman–Crippen LogP) is 2.94. The van der Waals surface area contributed by atoms with Gasteiger partial charge in [-0.3, -0.25) is 0 Å². The third-order valence-electron chi connectivity index (χ3n) is 2.20. The van der Waals surface area contributed by atoms with E-state index in [-0.39, 0.29) is 0 Å². The molecule has 0 atom stereocenters. The second kappa shape index (κ2) is 3.96. The van der Waals surface area contributed by atoms with Gasteiger partial charge >= 0.3 is 0 Å². The summed E-state index contributed by atoms with van der Waals surface area (Å²) in [5.41, 5.74) is 1.71. The Morgan fingerprint density at radius 3 is 2.80 bits per heavy atom. The summed E-state index contributed by atoms with van der Waals surface area (Å²) in [4.78, 5) is 0.418. The van der Waals surface area contributed by atoms with Crippen LogP contribution in [0.3, 0.4) is 0 Å². The molecular weight excluding hydrogens is 296 g/mol. The van der Waals surface area contributed by atoms with Crippen molar-refractivity contribution >= 4 is 43.1 Å². The lowest BCUT2D eigenvalue weighted by Gasteiger charge is -2.04. The van der Waals surface area contributed by atoms with Gasteiger partial charge in [0.1, 0.15) is 0 Å². The van der Waals surface area contributed by atoms with Crippen molar-refractivity contribution in [3.63, 3.8) is 0 Å². The van der Waals surface area contributed by atoms with E-state index >= 15 is 0 Å². The van der Waals surface area contributed by atoms with Crippen molar-refractivity contribution in [1.29, 1.82) is 0 Å². The van der Waals surface area contributed by atoms with Crippen LogP contribution in [0.5, 0.6) is 0 Å². The number of sulfone groups is 1. The topological polar surface area (TPSA) is 34.1 Å². The van der Waals surface area contributed by atoms with Gasteiger partial charge in [-0.2, -0.15) is 11.8 Å². The molecule has 80 valence electrons. The van der Waals surface area contributed by atoms with Crippen LogP contribution in [0.1, 0.15) is 5.56 Å². The van der Waals surface area contributed by atoms with E-state index in [2.05, 4.69) is 15.9 Å². The minimum atomic E-state index is -3.20. The van der Waals surface area contributed by atoms with Crippen LogP contribution in [0.4, 0.5) is 0 Å². The highest BCUT2D eigenvalue weighted by molar-refractivity contribution is 9.10. The molecule has 0 aliphatic carbocycles. The normalized spacial score (nSPS) is 17.3. The molecule has 1 aliphatic rings. The summed E-state index contributed by atoms with van der Waals surface area (Å²) in [5.74, 6) is 0.717. The molecule has 0 saturated heterocycles. The average Bonchev–Trinajstić information content (AvgIpc) is 2.41. The maximum absolute atomic E-state index is 11.8. The molecule has 2 nitrogen and oxygen atoms in total. The SMILES string of the molecule is CSCC1=CS(=O)(=O)c2cccc(Br)c21. The zero-order valence-electron chi connectivity index (χ0n) is 8.03. The van der Waals surface area contributed by atoms with Gasteiger partial charge in [-0.15, -0.1) is 0 Å². The van der Waals surface area contributed by atoms with Crippen LogP contribution in [0.25, 0.3) is 5.57 Å². The van der Waals surface area contributed by atoms with E-state index in [0.29, 0.717) is 4.90 Å². The van der Waals surface area contributed by atoms with Crippen molar-refractivity contribution in [2.75, 3.05) is 12.0 Å². The Hall–Kier alpha value is -0.260. The van der Waals surface area contributed by atoms with Crippen LogP contribution >= 0.6 is 27.7 Å². The van der Waals surface area contributed by atoms with Gasteiger partial charge in [-0.25, -0.2) is 8.42 Å². The zero-order chi connectivity index (χ0) is 11.1. The van der Waals surface area contributed by atoms with Crippen molar-refractivity contribution in [1.82, 2.24) is 0 Å². The lowest BCUT2D eigenvalue weighted by atomic mass is 10.1. The molecule has 1 heterocycles. The fraction of sp³-hybridized carbons (Fsp3) is 0.200. The predicted molar refractivity (Wildman–Crippen MR) is 67.7 cm³/mol. The molecule has 0 aromatic heterocycles. The minimum Gasteiger partial charge on any atom is -0.219 e. The maximum Gasteiger partial charge on any atom is 0.200 e. The number of fused-ring (bicyclic) bond motifs is 1. The molecule has 0 bridgehead atoms. The van der Waals surface area contributed by atoms with Crippen molar-refractivity contribution in [2.24, 2.45) is 0 Å². The molecule has 0 fully saturated rings. The number of benzene rings is 1. The van der Waals surface area contributed by atoms with Gasteiger partial charge in [0.25, 0.3) is 0 Å². The van der Waals surface area contributed by atoms with Gasteiger partial charge in [0.15, 0.2) is 0 Å². The smallest absolute Gasteiger partial charge is 0.200 e. The van der Waals surface area contributed by atoms with Crippen LogP contribution in [-0.4, -0.2) is 20.4 Å². The van der Waals surface area contributed by atoms with Gasteiger partial charge in [-0.1, -0.05) is 22.0 Å². The Balaban J connectivity index is 2.69. The highest BCUT2D eigenvalue weighted by Crippen LogP contribution is 2.39. The van der Waals surface area contributed by atoms with Crippen molar-refractivity contribution in [2.45, 2.75) is 4.90 Å². The number of rotatable bonds is 2. The van der Waals surface area contributed by atoms with Crippen molar-refractivity contribution < 1.29 is 8.42 Å². The molecule has 0 radical (unpaired) electrons. The van der Waals surface area contributed by atoms with Crippen molar-refractivity contribution in [3.8, 4) is 0 Å². The van der Waals surface area contributed by atoms with E-state index in [0.717, 1.165) is 21.4 Å². The third-order valence-corrected chi connectivity index (χ3v) is 5.01. The highest BCUT2D eigenvalue weighted by atomic mass is 79.9. The summed E-state index contributed by atoms with van der Waals surface area (Å²) in [5, 5.41) is 1.37. The van der Waals surface area contributed by atoms with Gasteiger partial charge < -0.3 is 0 Å². The number of hydrogen-bond donors (Lipinski definition) is 0. The summed E-state index contributed by atoms with van der Waals surface area (Å²) >= 11 is 5.01. The molecule has 0 amide bonds. The summed E-state index contributed by atoms with van der Waals surface area (Å²) in [6, 6.07) is 5.27. The summed E-state index contributed by atoms with van der Waals surface area (Å²) in [6.45, 7) is 0. The average molecular weight is 305 g/mol.